The van der Waals surface area contributed by atoms with Crippen molar-refractivity contribution in [3.63, 3.8) is 0 Å². The molecule has 0 atom stereocenters. The van der Waals surface area contributed by atoms with E-state index in [1.54, 1.807) is 23.1 Å². The van der Waals surface area contributed by atoms with E-state index in [0.717, 1.165) is 50.9 Å². The zero-order chi connectivity index (χ0) is 28.1. The van der Waals surface area contributed by atoms with Crippen molar-refractivity contribution in [3.8, 4) is 0 Å². The van der Waals surface area contributed by atoms with Crippen LogP contribution in [0.2, 0.25) is 10.0 Å². The fourth-order valence-electron chi connectivity index (χ4n) is 5.86. The molecule has 8 nitrogen and oxygen atoms in total. The summed E-state index contributed by atoms with van der Waals surface area (Å²) in [5, 5.41) is 7.35. The van der Waals surface area contributed by atoms with Crippen molar-refractivity contribution in [2.45, 2.75) is 38.5 Å². The van der Waals surface area contributed by atoms with Gasteiger partial charge in [-0.2, -0.15) is 0 Å². The molecular weight excluding hydrogens is 549 g/mol. The molecule has 2 aliphatic heterocycles. The first kappa shape index (κ1) is 28.7. The molecule has 0 aromatic heterocycles. The summed E-state index contributed by atoms with van der Waals surface area (Å²) < 4.78 is 0. The maximum atomic E-state index is 13.4. The van der Waals surface area contributed by atoms with Crippen LogP contribution in [0.1, 0.15) is 59.2 Å². The number of hydrogen-bond acceptors (Lipinski definition) is 5. The zero-order valence-corrected chi connectivity index (χ0v) is 24.3. The number of amides is 3. The molecule has 0 unspecified atom stereocenters. The highest BCUT2D eigenvalue weighted by molar-refractivity contribution is 6.36. The van der Waals surface area contributed by atoms with E-state index in [1.807, 2.05) is 23.1 Å². The Morgan fingerprint density at radius 3 is 2.27 bits per heavy atom. The molecule has 214 valence electrons. The van der Waals surface area contributed by atoms with E-state index < -0.39 is 0 Å². The van der Waals surface area contributed by atoms with Crippen molar-refractivity contribution in [3.05, 3.63) is 57.6 Å². The summed E-state index contributed by atoms with van der Waals surface area (Å²) in [4.78, 5) is 45.6. The van der Waals surface area contributed by atoms with E-state index >= 15 is 0 Å². The van der Waals surface area contributed by atoms with E-state index in [9.17, 15) is 14.4 Å². The average Bonchev–Trinajstić information content (AvgIpc) is 3.27. The standard InChI is InChI=1S/C30H37Cl2N5O3/c31-23-8-9-24(25(32)20-23)30(40)37-17-15-35(16-18-37)27-10-7-22(29(39)36-13-4-11-33-12-14-36)19-26(27)34-28(38)21-5-2-1-3-6-21/h7-10,19-21,33H,1-6,11-18H2,(H,34,38). The Kier molecular flexibility index (Phi) is 9.50. The third-order valence-corrected chi connectivity index (χ3v) is 8.72. The second-order valence-electron chi connectivity index (χ2n) is 10.9. The quantitative estimate of drug-likeness (QED) is 0.521. The van der Waals surface area contributed by atoms with Crippen molar-refractivity contribution in [1.29, 1.82) is 0 Å². The highest BCUT2D eigenvalue weighted by atomic mass is 35.5. The normalized spacial score (nSPS) is 18.8. The molecule has 2 aromatic carbocycles. The lowest BCUT2D eigenvalue weighted by molar-refractivity contribution is -0.120. The van der Waals surface area contributed by atoms with Crippen molar-refractivity contribution < 1.29 is 14.4 Å². The van der Waals surface area contributed by atoms with Gasteiger partial charge in [0.25, 0.3) is 11.8 Å². The first-order chi connectivity index (χ1) is 19.4. The van der Waals surface area contributed by atoms with Crippen LogP contribution >= 0.6 is 23.2 Å². The Morgan fingerprint density at radius 1 is 0.775 bits per heavy atom. The Bertz CT molecular complexity index is 1230. The van der Waals surface area contributed by atoms with Gasteiger partial charge >= 0.3 is 0 Å². The largest absolute Gasteiger partial charge is 0.366 e. The summed E-state index contributed by atoms with van der Waals surface area (Å²) in [5.41, 5.74) is 2.55. The van der Waals surface area contributed by atoms with Gasteiger partial charge in [0.2, 0.25) is 5.91 Å². The van der Waals surface area contributed by atoms with Gasteiger partial charge in [0.15, 0.2) is 0 Å². The average molecular weight is 587 g/mol. The van der Waals surface area contributed by atoms with E-state index in [2.05, 4.69) is 15.5 Å². The molecule has 0 spiro atoms. The fraction of sp³-hybridized carbons (Fsp3) is 0.500. The molecule has 2 heterocycles. The second-order valence-corrected chi connectivity index (χ2v) is 11.7. The molecule has 3 aliphatic rings. The van der Waals surface area contributed by atoms with Gasteiger partial charge in [-0.3, -0.25) is 14.4 Å². The van der Waals surface area contributed by atoms with Gasteiger partial charge in [-0.25, -0.2) is 0 Å². The molecule has 40 heavy (non-hydrogen) atoms. The van der Waals surface area contributed by atoms with Gasteiger partial charge in [-0.15, -0.1) is 0 Å². The number of anilines is 2. The number of benzene rings is 2. The Labute approximate surface area is 246 Å². The molecule has 5 rings (SSSR count). The lowest BCUT2D eigenvalue weighted by Crippen LogP contribution is -2.49. The number of hydrogen-bond donors (Lipinski definition) is 2. The minimum absolute atomic E-state index is 0.00349. The van der Waals surface area contributed by atoms with Crippen LogP contribution in [0.4, 0.5) is 11.4 Å². The van der Waals surface area contributed by atoms with Crippen molar-refractivity contribution >= 4 is 52.3 Å². The van der Waals surface area contributed by atoms with E-state index in [-0.39, 0.29) is 23.6 Å². The molecule has 0 radical (unpaired) electrons. The third-order valence-electron chi connectivity index (χ3n) is 8.17. The number of rotatable bonds is 5. The van der Waals surface area contributed by atoms with Crippen LogP contribution in [0.3, 0.4) is 0 Å². The summed E-state index contributed by atoms with van der Waals surface area (Å²) in [6, 6.07) is 10.5. The molecule has 3 fully saturated rings. The van der Waals surface area contributed by atoms with Crippen LogP contribution in [0.25, 0.3) is 0 Å². The van der Waals surface area contributed by atoms with E-state index in [0.29, 0.717) is 66.1 Å². The van der Waals surface area contributed by atoms with Crippen LogP contribution in [0.15, 0.2) is 36.4 Å². The predicted molar refractivity (Wildman–Crippen MR) is 160 cm³/mol. The second kappa shape index (κ2) is 13.2. The number of nitrogens with one attached hydrogen (secondary N) is 2. The molecule has 3 amide bonds. The summed E-state index contributed by atoms with van der Waals surface area (Å²) in [6.07, 6.45) is 6.02. The monoisotopic (exact) mass is 585 g/mol. The van der Waals surface area contributed by atoms with Crippen LogP contribution in [0, 0.1) is 5.92 Å². The molecule has 2 saturated heterocycles. The number of carbonyl (C=O) groups excluding carboxylic acids is 3. The van der Waals surface area contributed by atoms with E-state index in [4.69, 9.17) is 23.2 Å². The van der Waals surface area contributed by atoms with Gasteiger partial charge in [0, 0.05) is 62.3 Å². The Balaban J connectivity index is 1.34. The van der Waals surface area contributed by atoms with Gasteiger partial charge in [0.1, 0.15) is 0 Å². The highest BCUT2D eigenvalue weighted by Crippen LogP contribution is 2.32. The highest BCUT2D eigenvalue weighted by Gasteiger charge is 2.28. The minimum atomic E-state index is -0.125. The minimum Gasteiger partial charge on any atom is -0.366 e. The topological polar surface area (TPSA) is 85.0 Å². The summed E-state index contributed by atoms with van der Waals surface area (Å²) >= 11 is 12.3. The third kappa shape index (κ3) is 6.73. The molecule has 0 bridgehead atoms. The molecule has 10 heteroatoms. The smallest absolute Gasteiger partial charge is 0.255 e. The lowest BCUT2D eigenvalue weighted by Gasteiger charge is -2.37. The summed E-state index contributed by atoms with van der Waals surface area (Å²) in [7, 11) is 0. The van der Waals surface area contributed by atoms with Gasteiger partial charge in [-0.05, 0) is 62.2 Å². The van der Waals surface area contributed by atoms with Crippen molar-refractivity contribution in [2.24, 2.45) is 5.92 Å². The van der Waals surface area contributed by atoms with Crippen molar-refractivity contribution in [1.82, 2.24) is 15.1 Å². The zero-order valence-electron chi connectivity index (χ0n) is 22.8. The first-order valence-electron chi connectivity index (χ1n) is 14.3. The van der Waals surface area contributed by atoms with Crippen LogP contribution in [0.5, 0.6) is 0 Å². The molecule has 2 N–H and O–H groups in total. The number of halogens is 2. The fourth-order valence-corrected chi connectivity index (χ4v) is 6.35. The number of piperazine rings is 1. The van der Waals surface area contributed by atoms with Gasteiger partial charge < -0.3 is 25.3 Å². The molecule has 1 saturated carbocycles. The lowest BCUT2D eigenvalue weighted by atomic mass is 9.88. The predicted octanol–water partition coefficient (Wildman–Crippen LogP) is 4.91. The number of carbonyl (C=O) groups is 3. The SMILES string of the molecule is O=C(Nc1cc(C(=O)N2CCCNCC2)ccc1N1CCN(C(=O)c2ccc(Cl)cc2Cl)CC1)C1CCCCC1. The van der Waals surface area contributed by atoms with Crippen LogP contribution in [-0.4, -0.2) is 79.9 Å². The summed E-state index contributed by atoms with van der Waals surface area (Å²) in [6.45, 7) is 5.26. The van der Waals surface area contributed by atoms with Crippen LogP contribution in [-0.2, 0) is 4.79 Å². The summed E-state index contributed by atoms with van der Waals surface area (Å²) in [5.74, 6) is -0.120. The van der Waals surface area contributed by atoms with Crippen LogP contribution < -0.4 is 15.5 Å². The van der Waals surface area contributed by atoms with Crippen molar-refractivity contribution in [2.75, 3.05) is 62.6 Å². The molecular formula is C30H37Cl2N5O3. The Morgan fingerprint density at radius 2 is 1.52 bits per heavy atom. The number of nitrogens with zero attached hydrogens (tertiary/aromatic N) is 3. The first-order valence-corrected chi connectivity index (χ1v) is 15.1. The molecule has 2 aromatic rings. The van der Waals surface area contributed by atoms with E-state index in [1.165, 1.54) is 6.42 Å². The van der Waals surface area contributed by atoms with Gasteiger partial charge in [0.05, 0.1) is 22.0 Å². The van der Waals surface area contributed by atoms with Gasteiger partial charge in [-0.1, -0.05) is 42.5 Å². The maximum Gasteiger partial charge on any atom is 0.255 e. The maximum absolute atomic E-state index is 13.4. The Hall–Kier alpha value is -2.81. The molecule has 1 aliphatic carbocycles.